The van der Waals surface area contributed by atoms with Crippen LogP contribution in [0.4, 0.5) is 4.79 Å². The van der Waals surface area contributed by atoms with Crippen molar-refractivity contribution in [2.45, 2.75) is 13.5 Å². The first kappa shape index (κ1) is 16.8. The van der Waals surface area contributed by atoms with Gasteiger partial charge in [0.1, 0.15) is 17.0 Å². The Labute approximate surface area is 156 Å². The number of carbonyl (C=O) groups is 1. The van der Waals surface area contributed by atoms with Crippen LogP contribution in [0.15, 0.2) is 72.8 Å². The van der Waals surface area contributed by atoms with E-state index in [1.54, 1.807) is 18.2 Å². The van der Waals surface area contributed by atoms with Crippen molar-refractivity contribution < 1.29 is 9.53 Å². The third kappa shape index (κ3) is 3.64. The molecule has 0 spiro atoms. The lowest BCUT2D eigenvalue weighted by atomic mass is 10.1. The number of carbonyl (C=O) groups excluding carboxylic acids is 1. The van der Waals surface area contributed by atoms with Crippen LogP contribution in [-0.4, -0.2) is 21.0 Å². The van der Waals surface area contributed by atoms with E-state index in [1.807, 2.05) is 61.5 Å². The lowest BCUT2D eigenvalue weighted by Crippen LogP contribution is -2.29. The van der Waals surface area contributed by atoms with Crippen LogP contribution in [0, 0.1) is 6.92 Å². The predicted molar refractivity (Wildman–Crippen MR) is 103 cm³/mol. The molecular formula is C21H18N4O2. The summed E-state index contributed by atoms with van der Waals surface area (Å²) < 4.78 is 7.06. The van der Waals surface area contributed by atoms with Crippen molar-refractivity contribution >= 4 is 17.1 Å². The largest absolute Gasteiger partial charge is 0.457 e. The number of aromatic nitrogens is 3. The molecule has 0 aliphatic carbocycles. The van der Waals surface area contributed by atoms with Crippen LogP contribution in [0.2, 0.25) is 0 Å². The third-order valence-corrected chi connectivity index (χ3v) is 4.28. The number of nitrogens with zero attached hydrogens (tertiary/aromatic N) is 3. The SMILES string of the molecule is Cc1ccccc1CNC(=O)n1nnc2cc(Oc3ccccc3)ccc21. The zero-order valence-electron chi connectivity index (χ0n) is 14.8. The lowest BCUT2D eigenvalue weighted by Gasteiger charge is -2.08. The summed E-state index contributed by atoms with van der Waals surface area (Å²) in [5, 5.41) is 10.9. The van der Waals surface area contributed by atoms with E-state index in [4.69, 9.17) is 4.74 Å². The summed E-state index contributed by atoms with van der Waals surface area (Å²) in [4.78, 5) is 12.5. The molecule has 0 radical (unpaired) electrons. The quantitative estimate of drug-likeness (QED) is 0.591. The second kappa shape index (κ2) is 7.29. The molecule has 0 bridgehead atoms. The minimum Gasteiger partial charge on any atom is -0.457 e. The number of aryl methyl sites for hydroxylation is 1. The van der Waals surface area contributed by atoms with E-state index < -0.39 is 0 Å². The number of rotatable bonds is 4. The number of nitrogens with one attached hydrogen (secondary N) is 1. The molecule has 0 saturated carbocycles. The Morgan fingerprint density at radius 2 is 1.78 bits per heavy atom. The molecule has 0 saturated heterocycles. The van der Waals surface area contributed by atoms with Gasteiger partial charge in [-0.05, 0) is 42.3 Å². The highest BCUT2D eigenvalue weighted by molar-refractivity contribution is 5.88. The first-order chi connectivity index (χ1) is 13.2. The normalized spacial score (nSPS) is 10.7. The highest BCUT2D eigenvalue weighted by Crippen LogP contribution is 2.24. The van der Waals surface area contributed by atoms with Gasteiger partial charge in [0.05, 0.1) is 5.52 Å². The maximum absolute atomic E-state index is 12.5. The van der Waals surface area contributed by atoms with Crippen LogP contribution in [0.25, 0.3) is 11.0 Å². The third-order valence-electron chi connectivity index (χ3n) is 4.28. The average Bonchev–Trinajstić information content (AvgIpc) is 3.11. The maximum Gasteiger partial charge on any atom is 0.344 e. The molecule has 6 nitrogen and oxygen atoms in total. The Balaban J connectivity index is 1.51. The van der Waals surface area contributed by atoms with E-state index in [2.05, 4.69) is 15.6 Å². The lowest BCUT2D eigenvalue weighted by molar-refractivity contribution is 0.239. The van der Waals surface area contributed by atoms with Gasteiger partial charge in [-0.15, -0.1) is 5.10 Å². The van der Waals surface area contributed by atoms with Gasteiger partial charge in [-0.2, -0.15) is 4.68 Å². The zero-order valence-corrected chi connectivity index (χ0v) is 14.8. The summed E-state index contributed by atoms with van der Waals surface area (Å²) >= 11 is 0. The standard InChI is InChI=1S/C21H18N4O2/c1-15-7-5-6-8-16(15)14-22-21(26)25-20-12-11-18(13-19(20)23-24-25)27-17-9-3-2-4-10-17/h2-13H,14H2,1H3,(H,22,26). The zero-order chi connectivity index (χ0) is 18.6. The summed E-state index contributed by atoms with van der Waals surface area (Å²) in [5.74, 6) is 1.38. The molecule has 1 heterocycles. The van der Waals surface area contributed by atoms with Gasteiger partial charge in [0, 0.05) is 12.6 Å². The molecule has 4 aromatic rings. The van der Waals surface area contributed by atoms with E-state index in [0.717, 1.165) is 16.9 Å². The van der Waals surface area contributed by atoms with Gasteiger partial charge in [0.2, 0.25) is 0 Å². The molecule has 134 valence electrons. The number of amides is 1. The fraction of sp³-hybridized carbons (Fsp3) is 0.0952. The summed E-state index contributed by atoms with van der Waals surface area (Å²) in [6.07, 6.45) is 0. The molecule has 27 heavy (non-hydrogen) atoms. The van der Waals surface area contributed by atoms with Crippen LogP contribution in [0.3, 0.4) is 0 Å². The molecule has 1 aromatic heterocycles. The van der Waals surface area contributed by atoms with E-state index in [1.165, 1.54) is 4.68 Å². The molecule has 4 rings (SSSR count). The molecule has 1 amide bonds. The van der Waals surface area contributed by atoms with Crippen LogP contribution in [0.5, 0.6) is 11.5 Å². The molecule has 3 aromatic carbocycles. The highest BCUT2D eigenvalue weighted by atomic mass is 16.5. The minimum atomic E-state index is -0.322. The monoisotopic (exact) mass is 358 g/mol. The first-order valence-electron chi connectivity index (χ1n) is 8.62. The van der Waals surface area contributed by atoms with Crippen LogP contribution >= 0.6 is 0 Å². The van der Waals surface area contributed by atoms with Crippen LogP contribution in [-0.2, 0) is 6.54 Å². The fourth-order valence-corrected chi connectivity index (χ4v) is 2.80. The molecule has 0 fully saturated rings. The summed E-state index contributed by atoms with van der Waals surface area (Å²) in [6, 6.07) is 22.4. The molecular weight excluding hydrogens is 340 g/mol. The molecule has 0 unspecified atom stereocenters. The Bertz CT molecular complexity index is 1090. The van der Waals surface area contributed by atoms with E-state index in [0.29, 0.717) is 23.3 Å². The average molecular weight is 358 g/mol. The molecule has 0 aliphatic heterocycles. The van der Waals surface area contributed by atoms with Gasteiger partial charge in [-0.25, -0.2) is 4.79 Å². The van der Waals surface area contributed by atoms with Crippen LogP contribution < -0.4 is 10.1 Å². The van der Waals surface area contributed by atoms with E-state index in [-0.39, 0.29) is 6.03 Å². The number of fused-ring (bicyclic) bond motifs is 1. The van der Waals surface area contributed by atoms with E-state index >= 15 is 0 Å². The first-order valence-corrected chi connectivity index (χ1v) is 8.62. The Kier molecular flexibility index (Phi) is 4.53. The predicted octanol–water partition coefficient (Wildman–Crippen LogP) is 4.29. The Morgan fingerprint density at radius 3 is 2.59 bits per heavy atom. The minimum absolute atomic E-state index is 0.322. The maximum atomic E-state index is 12.5. The van der Waals surface area contributed by atoms with Crippen molar-refractivity contribution in [3.63, 3.8) is 0 Å². The fourth-order valence-electron chi connectivity index (χ4n) is 2.80. The van der Waals surface area contributed by atoms with Gasteiger partial charge in [0.15, 0.2) is 0 Å². The topological polar surface area (TPSA) is 69.0 Å². The van der Waals surface area contributed by atoms with Gasteiger partial charge >= 0.3 is 6.03 Å². The van der Waals surface area contributed by atoms with Gasteiger partial charge in [-0.1, -0.05) is 47.7 Å². The molecule has 0 aliphatic rings. The highest BCUT2D eigenvalue weighted by Gasteiger charge is 2.13. The van der Waals surface area contributed by atoms with Crippen molar-refractivity contribution in [3.8, 4) is 11.5 Å². The van der Waals surface area contributed by atoms with Gasteiger partial charge < -0.3 is 10.1 Å². The summed E-state index contributed by atoms with van der Waals surface area (Å²) in [6.45, 7) is 2.45. The molecule has 0 atom stereocenters. The number of hydrogen-bond acceptors (Lipinski definition) is 4. The number of para-hydroxylation sites is 1. The number of ether oxygens (including phenoxy) is 1. The van der Waals surface area contributed by atoms with Crippen molar-refractivity contribution in [2.75, 3.05) is 0 Å². The van der Waals surface area contributed by atoms with Gasteiger partial charge in [0.25, 0.3) is 0 Å². The van der Waals surface area contributed by atoms with E-state index in [9.17, 15) is 4.79 Å². The number of hydrogen-bond donors (Lipinski definition) is 1. The molecule has 1 N–H and O–H groups in total. The van der Waals surface area contributed by atoms with Crippen molar-refractivity contribution in [3.05, 3.63) is 83.9 Å². The summed E-state index contributed by atoms with van der Waals surface area (Å²) in [7, 11) is 0. The van der Waals surface area contributed by atoms with Crippen molar-refractivity contribution in [2.24, 2.45) is 0 Å². The van der Waals surface area contributed by atoms with Crippen molar-refractivity contribution in [1.29, 1.82) is 0 Å². The second-order valence-electron chi connectivity index (χ2n) is 6.15. The Hall–Kier alpha value is -3.67. The molecule has 6 heteroatoms. The smallest absolute Gasteiger partial charge is 0.344 e. The van der Waals surface area contributed by atoms with Crippen LogP contribution in [0.1, 0.15) is 11.1 Å². The number of benzene rings is 3. The Morgan fingerprint density at radius 1 is 1.00 bits per heavy atom. The van der Waals surface area contributed by atoms with Crippen molar-refractivity contribution in [1.82, 2.24) is 20.3 Å². The second-order valence-corrected chi connectivity index (χ2v) is 6.15. The van der Waals surface area contributed by atoms with Gasteiger partial charge in [-0.3, -0.25) is 0 Å². The summed E-state index contributed by atoms with van der Waals surface area (Å²) in [5.41, 5.74) is 3.41.